The third kappa shape index (κ3) is 3.45. The lowest BCUT2D eigenvalue weighted by Crippen LogP contribution is -2.25. The molecule has 0 aliphatic rings. The summed E-state index contributed by atoms with van der Waals surface area (Å²) in [4.78, 5) is 10.6. The Labute approximate surface area is 118 Å². The first-order chi connectivity index (χ1) is 9.70. The second-order valence-corrected chi connectivity index (χ2v) is 4.60. The average molecular weight is 267 g/mol. The maximum Gasteiger partial charge on any atom is 0.131 e. The Kier molecular flexibility index (Phi) is 4.51. The molecular formula is C15H17N5. The lowest BCUT2D eigenvalue weighted by molar-refractivity contribution is 0.776. The lowest BCUT2D eigenvalue weighted by Gasteiger charge is -2.24. The van der Waals surface area contributed by atoms with Crippen molar-refractivity contribution in [3.05, 3.63) is 47.9 Å². The predicted molar refractivity (Wildman–Crippen MR) is 78.9 cm³/mol. The molecule has 2 N–H and O–H groups in total. The summed E-state index contributed by atoms with van der Waals surface area (Å²) in [6.45, 7) is 3.28. The molecule has 0 unspecified atom stereocenters. The van der Waals surface area contributed by atoms with Crippen LogP contribution < -0.4 is 10.6 Å². The summed E-state index contributed by atoms with van der Waals surface area (Å²) >= 11 is 0. The Morgan fingerprint density at radius 2 is 2.25 bits per heavy atom. The molecule has 2 heterocycles. The van der Waals surface area contributed by atoms with E-state index in [1.807, 2.05) is 31.3 Å². The van der Waals surface area contributed by atoms with Crippen molar-refractivity contribution in [3.63, 3.8) is 0 Å². The summed E-state index contributed by atoms with van der Waals surface area (Å²) < 4.78 is 0. The predicted octanol–water partition coefficient (Wildman–Crippen LogP) is 2.29. The standard InChI is InChI=1S/C15H17N5/c1-12-8-14(17)10-19-15(12)20(7-3-5-16)11-13-4-2-6-18-9-13/h2,4,6,8-10H,3,7,11,17H2,1H3. The molecule has 0 radical (unpaired) electrons. The van der Waals surface area contributed by atoms with Crippen LogP contribution in [0.25, 0.3) is 0 Å². The van der Waals surface area contributed by atoms with E-state index in [9.17, 15) is 0 Å². The number of nitriles is 1. The van der Waals surface area contributed by atoms with Gasteiger partial charge in [-0.1, -0.05) is 6.07 Å². The number of nitrogens with zero attached hydrogens (tertiary/aromatic N) is 4. The van der Waals surface area contributed by atoms with Crippen LogP contribution in [-0.4, -0.2) is 16.5 Å². The van der Waals surface area contributed by atoms with Crippen molar-refractivity contribution < 1.29 is 0 Å². The van der Waals surface area contributed by atoms with E-state index < -0.39 is 0 Å². The van der Waals surface area contributed by atoms with Gasteiger partial charge in [-0.05, 0) is 30.2 Å². The van der Waals surface area contributed by atoms with Crippen molar-refractivity contribution in [2.75, 3.05) is 17.2 Å². The van der Waals surface area contributed by atoms with Gasteiger partial charge in [-0.2, -0.15) is 5.26 Å². The monoisotopic (exact) mass is 267 g/mol. The molecule has 2 rings (SSSR count). The lowest BCUT2D eigenvalue weighted by atomic mass is 10.2. The molecule has 0 fully saturated rings. The minimum absolute atomic E-state index is 0.450. The highest BCUT2D eigenvalue weighted by atomic mass is 15.2. The van der Waals surface area contributed by atoms with Gasteiger partial charge in [0.1, 0.15) is 5.82 Å². The van der Waals surface area contributed by atoms with Crippen molar-refractivity contribution in [1.82, 2.24) is 9.97 Å². The zero-order valence-electron chi connectivity index (χ0n) is 11.5. The normalized spacial score (nSPS) is 10.0. The summed E-state index contributed by atoms with van der Waals surface area (Å²) in [6.07, 6.45) is 5.67. The first-order valence-electron chi connectivity index (χ1n) is 6.43. The van der Waals surface area contributed by atoms with Gasteiger partial charge in [-0.25, -0.2) is 4.98 Å². The first-order valence-corrected chi connectivity index (χ1v) is 6.43. The molecule has 2 aromatic rings. The summed E-state index contributed by atoms with van der Waals surface area (Å²) in [5.41, 5.74) is 8.48. The zero-order valence-corrected chi connectivity index (χ0v) is 11.5. The second-order valence-electron chi connectivity index (χ2n) is 4.60. The number of rotatable bonds is 5. The van der Waals surface area contributed by atoms with E-state index in [1.54, 1.807) is 12.4 Å². The SMILES string of the molecule is Cc1cc(N)cnc1N(CCC#N)Cc1cccnc1. The molecule has 102 valence electrons. The Bertz CT molecular complexity index is 603. The second kappa shape index (κ2) is 6.53. The van der Waals surface area contributed by atoms with E-state index in [0.29, 0.717) is 25.2 Å². The topological polar surface area (TPSA) is 78.8 Å². The van der Waals surface area contributed by atoms with E-state index in [-0.39, 0.29) is 0 Å². The van der Waals surface area contributed by atoms with Gasteiger partial charge >= 0.3 is 0 Å². The van der Waals surface area contributed by atoms with Crippen LogP contribution in [0.2, 0.25) is 0 Å². The van der Waals surface area contributed by atoms with Crippen molar-refractivity contribution in [2.24, 2.45) is 0 Å². The first kappa shape index (κ1) is 13.8. The number of aromatic nitrogens is 2. The highest BCUT2D eigenvalue weighted by Gasteiger charge is 2.11. The van der Waals surface area contributed by atoms with Crippen molar-refractivity contribution in [1.29, 1.82) is 5.26 Å². The van der Waals surface area contributed by atoms with E-state index >= 15 is 0 Å². The fourth-order valence-corrected chi connectivity index (χ4v) is 2.08. The van der Waals surface area contributed by atoms with Gasteiger partial charge in [0.2, 0.25) is 0 Å². The summed E-state index contributed by atoms with van der Waals surface area (Å²) in [5, 5.41) is 8.81. The molecule has 0 saturated heterocycles. The third-order valence-corrected chi connectivity index (χ3v) is 2.96. The van der Waals surface area contributed by atoms with Gasteiger partial charge in [0.15, 0.2) is 0 Å². The Morgan fingerprint density at radius 1 is 1.40 bits per heavy atom. The van der Waals surface area contributed by atoms with Crippen LogP contribution in [0.3, 0.4) is 0 Å². The molecule has 0 saturated carbocycles. The largest absolute Gasteiger partial charge is 0.397 e. The maximum atomic E-state index is 8.81. The molecular weight excluding hydrogens is 250 g/mol. The van der Waals surface area contributed by atoms with Gasteiger partial charge in [-0.3, -0.25) is 4.98 Å². The van der Waals surface area contributed by atoms with Crippen LogP contribution in [0.4, 0.5) is 11.5 Å². The minimum Gasteiger partial charge on any atom is -0.397 e. The smallest absolute Gasteiger partial charge is 0.131 e. The number of nitrogens with two attached hydrogens (primary N) is 1. The molecule has 0 aromatic carbocycles. The van der Waals surface area contributed by atoms with E-state index in [4.69, 9.17) is 11.0 Å². The molecule has 0 atom stereocenters. The number of pyridine rings is 2. The zero-order chi connectivity index (χ0) is 14.4. The summed E-state index contributed by atoms with van der Waals surface area (Å²) in [5.74, 6) is 0.860. The van der Waals surface area contributed by atoms with E-state index in [1.165, 1.54) is 0 Å². The van der Waals surface area contributed by atoms with Gasteiger partial charge in [0, 0.05) is 25.5 Å². The molecule has 5 heteroatoms. The van der Waals surface area contributed by atoms with Crippen LogP contribution in [0, 0.1) is 18.3 Å². The van der Waals surface area contributed by atoms with Gasteiger partial charge in [0.05, 0.1) is 24.4 Å². The number of aryl methyl sites for hydroxylation is 1. The number of hydrogen-bond donors (Lipinski definition) is 1. The fraction of sp³-hybridized carbons (Fsp3) is 0.267. The summed E-state index contributed by atoms with van der Waals surface area (Å²) in [6, 6.07) is 7.99. The van der Waals surface area contributed by atoms with Gasteiger partial charge in [-0.15, -0.1) is 0 Å². The van der Waals surface area contributed by atoms with Crippen molar-refractivity contribution in [3.8, 4) is 6.07 Å². The highest BCUT2D eigenvalue weighted by Crippen LogP contribution is 2.21. The molecule has 0 bridgehead atoms. The van der Waals surface area contributed by atoms with Crippen LogP contribution in [0.15, 0.2) is 36.8 Å². The van der Waals surface area contributed by atoms with Crippen LogP contribution >= 0.6 is 0 Å². The summed E-state index contributed by atoms with van der Waals surface area (Å²) in [7, 11) is 0. The quantitative estimate of drug-likeness (QED) is 0.899. The molecule has 0 aliphatic heterocycles. The molecule has 5 nitrogen and oxygen atoms in total. The van der Waals surface area contributed by atoms with E-state index in [0.717, 1.165) is 16.9 Å². The van der Waals surface area contributed by atoms with Crippen molar-refractivity contribution >= 4 is 11.5 Å². The minimum atomic E-state index is 0.450. The fourth-order valence-electron chi connectivity index (χ4n) is 2.08. The molecule has 20 heavy (non-hydrogen) atoms. The Hall–Kier alpha value is -2.61. The maximum absolute atomic E-state index is 8.81. The van der Waals surface area contributed by atoms with E-state index in [2.05, 4.69) is 20.9 Å². The average Bonchev–Trinajstić information content (AvgIpc) is 2.45. The van der Waals surface area contributed by atoms with Crippen LogP contribution in [0.5, 0.6) is 0 Å². The number of anilines is 2. The van der Waals surface area contributed by atoms with Gasteiger partial charge < -0.3 is 10.6 Å². The molecule has 2 aromatic heterocycles. The highest BCUT2D eigenvalue weighted by molar-refractivity contribution is 5.52. The molecule has 0 spiro atoms. The van der Waals surface area contributed by atoms with Crippen LogP contribution in [-0.2, 0) is 6.54 Å². The Morgan fingerprint density at radius 3 is 2.90 bits per heavy atom. The Balaban J connectivity index is 2.25. The third-order valence-electron chi connectivity index (χ3n) is 2.96. The number of nitrogen functional groups attached to an aromatic ring is 1. The number of hydrogen-bond acceptors (Lipinski definition) is 5. The van der Waals surface area contributed by atoms with Crippen molar-refractivity contribution in [2.45, 2.75) is 19.9 Å². The molecule has 0 amide bonds. The van der Waals surface area contributed by atoms with Gasteiger partial charge in [0.25, 0.3) is 0 Å². The van der Waals surface area contributed by atoms with Crippen LogP contribution in [0.1, 0.15) is 17.5 Å². The molecule has 0 aliphatic carbocycles.